The summed E-state index contributed by atoms with van der Waals surface area (Å²) >= 11 is 1.49. The van der Waals surface area contributed by atoms with E-state index in [0.717, 1.165) is 22.7 Å². The SMILES string of the molecule is CC(C)Cc1nc(C(=O)N[C@H]2Cc3ccccc3N(C)C2=O)cs1. The van der Waals surface area contributed by atoms with Crippen molar-refractivity contribution < 1.29 is 9.59 Å². The van der Waals surface area contributed by atoms with Crippen molar-refractivity contribution in [3.8, 4) is 0 Å². The van der Waals surface area contributed by atoms with E-state index in [-0.39, 0.29) is 11.8 Å². The lowest BCUT2D eigenvalue weighted by Gasteiger charge is -2.31. The second-order valence-electron chi connectivity index (χ2n) is 6.48. The van der Waals surface area contributed by atoms with Crippen LogP contribution in [0.3, 0.4) is 0 Å². The molecule has 0 aliphatic carbocycles. The minimum absolute atomic E-state index is 0.0975. The first-order chi connectivity index (χ1) is 11.5. The van der Waals surface area contributed by atoms with Gasteiger partial charge in [-0.15, -0.1) is 11.3 Å². The van der Waals surface area contributed by atoms with E-state index < -0.39 is 6.04 Å². The van der Waals surface area contributed by atoms with E-state index in [1.807, 2.05) is 24.3 Å². The zero-order valence-electron chi connectivity index (χ0n) is 14.1. The van der Waals surface area contributed by atoms with Crippen LogP contribution in [0, 0.1) is 5.92 Å². The number of thiazole rings is 1. The zero-order chi connectivity index (χ0) is 17.3. The number of carbonyl (C=O) groups is 2. The van der Waals surface area contributed by atoms with Crippen molar-refractivity contribution in [2.45, 2.75) is 32.7 Å². The standard InChI is InChI=1S/C18H21N3O2S/c1-11(2)8-16-19-14(10-24-16)17(22)20-13-9-12-6-4-5-7-15(12)21(3)18(13)23/h4-7,10-11,13H,8-9H2,1-3H3,(H,20,22)/t13-/m0/s1. The molecule has 1 aliphatic rings. The number of likely N-dealkylation sites (N-methyl/N-ethyl adjacent to an activating group) is 1. The van der Waals surface area contributed by atoms with Gasteiger partial charge in [-0.05, 0) is 17.5 Å². The summed E-state index contributed by atoms with van der Waals surface area (Å²) in [6.45, 7) is 4.24. The molecule has 1 aliphatic heterocycles. The summed E-state index contributed by atoms with van der Waals surface area (Å²) in [4.78, 5) is 30.9. The van der Waals surface area contributed by atoms with Crippen LogP contribution in [-0.2, 0) is 17.6 Å². The van der Waals surface area contributed by atoms with Crippen LogP contribution in [0.25, 0.3) is 0 Å². The Hall–Kier alpha value is -2.21. The van der Waals surface area contributed by atoms with Gasteiger partial charge in [0.25, 0.3) is 5.91 Å². The summed E-state index contributed by atoms with van der Waals surface area (Å²) in [7, 11) is 1.74. The first-order valence-corrected chi connectivity index (χ1v) is 8.94. The molecule has 2 amide bonds. The Kier molecular flexibility index (Phi) is 4.66. The number of carbonyl (C=O) groups excluding carboxylic acids is 2. The van der Waals surface area contributed by atoms with Crippen LogP contribution in [0.15, 0.2) is 29.6 Å². The second-order valence-corrected chi connectivity index (χ2v) is 7.42. The lowest BCUT2D eigenvalue weighted by Crippen LogP contribution is -2.51. The monoisotopic (exact) mass is 343 g/mol. The third-order valence-electron chi connectivity index (χ3n) is 4.08. The molecule has 3 rings (SSSR count). The highest BCUT2D eigenvalue weighted by molar-refractivity contribution is 7.09. The molecular weight excluding hydrogens is 322 g/mol. The van der Waals surface area contributed by atoms with Crippen LogP contribution in [0.1, 0.15) is 34.9 Å². The van der Waals surface area contributed by atoms with Crippen molar-refractivity contribution in [1.29, 1.82) is 0 Å². The number of hydrogen-bond donors (Lipinski definition) is 1. The molecule has 126 valence electrons. The fraction of sp³-hybridized carbons (Fsp3) is 0.389. The molecule has 1 aromatic heterocycles. The molecule has 0 saturated heterocycles. The quantitative estimate of drug-likeness (QED) is 0.928. The van der Waals surface area contributed by atoms with Gasteiger partial charge in [-0.25, -0.2) is 4.98 Å². The summed E-state index contributed by atoms with van der Waals surface area (Å²) in [5.74, 6) is 0.115. The normalized spacial score (nSPS) is 17.1. The molecule has 2 heterocycles. The number of amides is 2. The molecule has 0 spiro atoms. The van der Waals surface area contributed by atoms with E-state index in [4.69, 9.17) is 0 Å². The van der Waals surface area contributed by atoms with Crippen LogP contribution < -0.4 is 10.2 Å². The van der Waals surface area contributed by atoms with Crippen LogP contribution >= 0.6 is 11.3 Å². The summed E-state index contributed by atoms with van der Waals surface area (Å²) in [6, 6.07) is 7.21. The van der Waals surface area contributed by atoms with Crippen molar-refractivity contribution in [3.05, 3.63) is 45.9 Å². The number of aromatic nitrogens is 1. The summed E-state index contributed by atoms with van der Waals surface area (Å²) < 4.78 is 0. The molecule has 24 heavy (non-hydrogen) atoms. The summed E-state index contributed by atoms with van der Waals surface area (Å²) in [5, 5.41) is 5.55. The lowest BCUT2D eigenvalue weighted by atomic mass is 9.97. The minimum Gasteiger partial charge on any atom is -0.339 e. The van der Waals surface area contributed by atoms with Gasteiger partial charge in [0.2, 0.25) is 5.91 Å². The number of hydrogen-bond acceptors (Lipinski definition) is 4. The van der Waals surface area contributed by atoms with Crippen molar-refractivity contribution in [3.63, 3.8) is 0 Å². The van der Waals surface area contributed by atoms with Gasteiger partial charge < -0.3 is 10.2 Å². The maximum Gasteiger partial charge on any atom is 0.271 e. The Morgan fingerprint density at radius 2 is 2.17 bits per heavy atom. The number of benzene rings is 1. The van der Waals surface area contributed by atoms with E-state index in [0.29, 0.717) is 18.0 Å². The molecule has 5 nitrogen and oxygen atoms in total. The van der Waals surface area contributed by atoms with Gasteiger partial charge in [0, 0.05) is 31.0 Å². The molecule has 1 atom stereocenters. The average molecular weight is 343 g/mol. The third kappa shape index (κ3) is 3.33. The van der Waals surface area contributed by atoms with Crippen molar-refractivity contribution >= 4 is 28.8 Å². The van der Waals surface area contributed by atoms with Crippen molar-refractivity contribution in [1.82, 2.24) is 10.3 Å². The predicted octanol–water partition coefficient (Wildman–Crippen LogP) is 2.66. The largest absolute Gasteiger partial charge is 0.339 e. The highest BCUT2D eigenvalue weighted by Gasteiger charge is 2.32. The number of para-hydroxylation sites is 1. The fourth-order valence-corrected chi connectivity index (χ4v) is 3.86. The molecule has 2 aromatic rings. The highest BCUT2D eigenvalue weighted by Crippen LogP contribution is 2.26. The van der Waals surface area contributed by atoms with E-state index in [2.05, 4.69) is 24.1 Å². The number of anilines is 1. The Balaban J connectivity index is 1.73. The molecule has 0 fully saturated rings. The first kappa shape index (κ1) is 16.6. The Morgan fingerprint density at radius 3 is 2.92 bits per heavy atom. The Morgan fingerprint density at radius 1 is 1.42 bits per heavy atom. The molecular formula is C18H21N3O2S. The van der Waals surface area contributed by atoms with Gasteiger partial charge in [0.1, 0.15) is 11.7 Å². The molecule has 1 N–H and O–H groups in total. The minimum atomic E-state index is -0.548. The van der Waals surface area contributed by atoms with Gasteiger partial charge >= 0.3 is 0 Å². The smallest absolute Gasteiger partial charge is 0.271 e. The highest BCUT2D eigenvalue weighted by atomic mass is 32.1. The third-order valence-corrected chi connectivity index (χ3v) is 4.95. The van der Waals surface area contributed by atoms with Crippen LogP contribution in [0.4, 0.5) is 5.69 Å². The van der Waals surface area contributed by atoms with Gasteiger partial charge in [0.15, 0.2) is 0 Å². The Labute approximate surface area is 145 Å². The van der Waals surface area contributed by atoms with Crippen LogP contribution in [0.2, 0.25) is 0 Å². The van der Waals surface area contributed by atoms with Gasteiger partial charge in [-0.3, -0.25) is 9.59 Å². The molecule has 1 aromatic carbocycles. The van der Waals surface area contributed by atoms with E-state index >= 15 is 0 Å². The number of nitrogens with one attached hydrogen (secondary N) is 1. The number of nitrogens with zero attached hydrogens (tertiary/aromatic N) is 2. The number of fused-ring (bicyclic) bond motifs is 1. The molecule has 0 radical (unpaired) electrons. The van der Waals surface area contributed by atoms with Crippen molar-refractivity contribution in [2.24, 2.45) is 5.92 Å². The van der Waals surface area contributed by atoms with Crippen LogP contribution in [-0.4, -0.2) is 29.9 Å². The molecule has 0 bridgehead atoms. The summed E-state index contributed by atoms with van der Waals surface area (Å²) in [6.07, 6.45) is 1.37. The molecule has 0 saturated carbocycles. The van der Waals surface area contributed by atoms with Gasteiger partial charge in [-0.1, -0.05) is 32.0 Å². The van der Waals surface area contributed by atoms with Crippen molar-refractivity contribution in [2.75, 3.05) is 11.9 Å². The van der Waals surface area contributed by atoms with Gasteiger partial charge in [-0.2, -0.15) is 0 Å². The Bertz CT molecular complexity index is 769. The average Bonchev–Trinajstić information content (AvgIpc) is 3.00. The van der Waals surface area contributed by atoms with Crippen LogP contribution in [0.5, 0.6) is 0 Å². The topological polar surface area (TPSA) is 62.3 Å². The molecule has 0 unspecified atom stereocenters. The second kappa shape index (κ2) is 6.73. The maximum absolute atomic E-state index is 12.5. The fourth-order valence-electron chi connectivity index (χ4n) is 2.87. The first-order valence-electron chi connectivity index (χ1n) is 8.06. The number of rotatable bonds is 4. The van der Waals surface area contributed by atoms with E-state index in [1.54, 1.807) is 17.3 Å². The lowest BCUT2D eigenvalue weighted by molar-refractivity contribution is -0.120. The van der Waals surface area contributed by atoms with E-state index in [1.165, 1.54) is 11.3 Å². The molecule has 6 heteroatoms. The summed E-state index contributed by atoms with van der Waals surface area (Å²) in [5.41, 5.74) is 2.36. The van der Waals surface area contributed by atoms with Gasteiger partial charge in [0.05, 0.1) is 5.01 Å². The predicted molar refractivity (Wildman–Crippen MR) is 95.5 cm³/mol. The van der Waals surface area contributed by atoms with E-state index in [9.17, 15) is 9.59 Å². The zero-order valence-corrected chi connectivity index (χ0v) is 14.9. The maximum atomic E-state index is 12.5.